The maximum absolute atomic E-state index is 10.4. The van der Waals surface area contributed by atoms with Crippen molar-refractivity contribution in [3.8, 4) is 0 Å². The molecule has 1 unspecified atom stereocenters. The Kier molecular flexibility index (Phi) is 2.78. The number of aryl methyl sites for hydroxylation is 1. The van der Waals surface area contributed by atoms with Gasteiger partial charge in [0, 0.05) is 11.9 Å². The van der Waals surface area contributed by atoms with E-state index in [0.29, 0.717) is 5.69 Å². The molecule has 0 saturated carbocycles. The largest absolute Gasteiger partial charge is 0.289 e. The van der Waals surface area contributed by atoms with E-state index in [-0.39, 0.29) is 0 Å². The third kappa shape index (κ3) is 2.02. The minimum absolute atomic E-state index is 0.642. The molecule has 0 fully saturated rings. The van der Waals surface area contributed by atoms with Crippen molar-refractivity contribution in [3.63, 3.8) is 0 Å². The molecule has 1 aromatic rings. The first kappa shape index (κ1) is 9.15. The number of anilines is 1. The van der Waals surface area contributed by atoms with Crippen LogP contribution in [-0.2, 0) is 11.3 Å². The van der Waals surface area contributed by atoms with Crippen LogP contribution in [0, 0.1) is 13.8 Å². The molecular formula is C7H10N2O2S. The summed E-state index contributed by atoms with van der Waals surface area (Å²) in [5.74, 6) is 0. The Labute approximate surface area is 73.4 Å². The van der Waals surface area contributed by atoms with Crippen LogP contribution in [0.5, 0.6) is 0 Å². The summed E-state index contributed by atoms with van der Waals surface area (Å²) in [6, 6.07) is 1.66. The number of pyridine rings is 1. The fraction of sp³-hybridized carbons (Fsp3) is 0.286. The van der Waals surface area contributed by atoms with Gasteiger partial charge in [-0.05, 0) is 25.5 Å². The van der Waals surface area contributed by atoms with Crippen molar-refractivity contribution in [1.29, 1.82) is 0 Å². The summed E-state index contributed by atoms with van der Waals surface area (Å²) < 4.78 is 21.4. The summed E-state index contributed by atoms with van der Waals surface area (Å²) in [6.45, 7) is 3.69. The first-order chi connectivity index (χ1) is 5.61. The zero-order valence-electron chi connectivity index (χ0n) is 6.87. The monoisotopic (exact) mass is 186 g/mol. The van der Waals surface area contributed by atoms with Crippen molar-refractivity contribution >= 4 is 17.0 Å². The summed E-state index contributed by atoms with van der Waals surface area (Å²) in [7, 11) is 0. The second kappa shape index (κ2) is 3.64. The average Bonchev–Trinajstić information content (AvgIpc) is 1.98. The smallest absolute Gasteiger partial charge is 0.259 e. The highest BCUT2D eigenvalue weighted by atomic mass is 32.2. The van der Waals surface area contributed by atoms with Crippen LogP contribution in [-0.4, -0.2) is 13.7 Å². The maximum Gasteiger partial charge on any atom is 0.259 e. The van der Waals surface area contributed by atoms with E-state index in [9.17, 15) is 4.21 Å². The van der Waals surface area contributed by atoms with Gasteiger partial charge in [-0.3, -0.25) is 14.3 Å². The van der Waals surface area contributed by atoms with Gasteiger partial charge in [-0.15, -0.1) is 0 Å². The number of hydrogen-bond donors (Lipinski definition) is 2. The first-order valence-electron chi connectivity index (χ1n) is 3.41. The molecule has 0 saturated heterocycles. The standard InChI is InChI=1S/C7H10N2O2S/c1-5-6(2)8-4-3-7(5)9-12(10)11/h3-4H,1-2H3,(H,8,9)(H,10,11). The molecular weight excluding hydrogens is 176 g/mol. The van der Waals surface area contributed by atoms with Gasteiger partial charge >= 0.3 is 0 Å². The predicted octanol–water partition coefficient (Wildman–Crippen LogP) is 1.25. The summed E-state index contributed by atoms with van der Waals surface area (Å²) >= 11 is -2.01. The molecule has 5 heteroatoms. The molecule has 1 rings (SSSR count). The van der Waals surface area contributed by atoms with Gasteiger partial charge < -0.3 is 0 Å². The molecule has 12 heavy (non-hydrogen) atoms. The van der Waals surface area contributed by atoms with Gasteiger partial charge in [-0.1, -0.05) is 0 Å². The Hall–Kier alpha value is -0.940. The molecule has 0 spiro atoms. The van der Waals surface area contributed by atoms with Crippen LogP contribution < -0.4 is 4.72 Å². The van der Waals surface area contributed by atoms with Crippen molar-refractivity contribution < 1.29 is 8.76 Å². The summed E-state index contributed by atoms with van der Waals surface area (Å²) in [5, 5.41) is 0. The average molecular weight is 186 g/mol. The lowest BCUT2D eigenvalue weighted by atomic mass is 10.2. The van der Waals surface area contributed by atoms with Gasteiger partial charge in [0.2, 0.25) is 0 Å². The van der Waals surface area contributed by atoms with Gasteiger partial charge in [-0.2, -0.15) is 0 Å². The molecule has 4 nitrogen and oxygen atoms in total. The van der Waals surface area contributed by atoms with Crippen LogP contribution in [0.2, 0.25) is 0 Å². The van der Waals surface area contributed by atoms with E-state index >= 15 is 0 Å². The van der Waals surface area contributed by atoms with Crippen molar-refractivity contribution in [2.24, 2.45) is 0 Å². The molecule has 1 atom stereocenters. The Morgan fingerprint density at radius 2 is 2.25 bits per heavy atom. The minimum Gasteiger partial charge on any atom is -0.289 e. The van der Waals surface area contributed by atoms with E-state index in [1.54, 1.807) is 12.3 Å². The number of hydrogen-bond acceptors (Lipinski definition) is 2. The fourth-order valence-electron chi connectivity index (χ4n) is 0.845. The number of aromatic nitrogens is 1. The van der Waals surface area contributed by atoms with E-state index in [0.717, 1.165) is 11.3 Å². The zero-order valence-corrected chi connectivity index (χ0v) is 7.68. The predicted molar refractivity (Wildman–Crippen MR) is 48.1 cm³/mol. The molecule has 66 valence electrons. The second-order valence-corrected chi connectivity index (χ2v) is 3.12. The van der Waals surface area contributed by atoms with Crippen LogP contribution in [0.1, 0.15) is 11.3 Å². The molecule has 1 heterocycles. The van der Waals surface area contributed by atoms with Crippen molar-refractivity contribution in [2.75, 3.05) is 4.72 Å². The number of rotatable bonds is 2. The highest BCUT2D eigenvalue weighted by molar-refractivity contribution is 7.80. The summed E-state index contributed by atoms with van der Waals surface area (Å²) in [6.07, 6.45) is 1.59. The van der Waals surface area contributed by atoms with Crippen LogP contribution in [0.15, 0.2) is 12.3 Å². The molecule has 2 N–H and O–H groups in total. The van der Waals surface area contributed by atoms with E-state index < -0.39 is 11.3 Å². The van der Waals surface area contributed by atoms with Gasteiger partial charge in [-0.25, -0.2) is 4.21 Å². The Bertz CT molecular complexity index is 314. The zero-order chi connectivity index (χ0) is 9.14. The van der Waals surface area contributed by atoms with Crippen molar-refractivity contribution in [3.05, 3.63) is 23.5 Å². The van der Waals surface area contributed by atoms with E-state index in [1.807, 2.05) is 13.8 Å². The van der Waals surface area contributed by atoms with E-state index in [2.05, 4.69) is 9.71 Å². The Morgan fingerprint density at radius 1 is 1.58 bits per heavy atom. The summed E-state index contributed by atoms with van der Waals surface area (Å²) in [4.78, 5) is 4.03. The highest BCUT2D eigenvalue weighted by Gasteiger charge is 2.02. The molecule has 0 aliphatic rings. The van der Waals surface area contributed by atoms with Gasteiger partial charge in [0.25, 0.3) is 11.3 Å². The Morgan fingerprint density at radius 3 is 2.83 bits per heavy atom. The third-order valence-corrected chi connectivity index (χ3v) is 2.05. The molecule has 1 aromatic heterocycles. The van der Waals surface area contributed by atoms with Crippen LogP contribution in [0.4, 0.5) is 5.69 Å². The lowest BCUT2D eigenvalue weighted by Crippen LogP contribution is -2.04. The highest BCUT2D eigenvalue weighted by Crippen LogP contribution is 2.15. The van der Waals surface area contributed by atoms with Crippen LogP contribution in [0.3, 0.4) is 0 Å². The maximum atomic E-state index is 10.4. The molecule has 0 bridgehead atoms. The Balaban J connectivity index is 3.00. The lowest BCUT2D eigenvalue weighted by molar-refractivity contribution is 0.570. The molecule has 0 aromatic carbocycles. The van der Waals surface area contributed by atoms with Crippen molar-refractivity contribution in [2.45, 2.75) is 13.8 Å². The minimum atomic E-state index is -2.01. The summed E-state index contributed by atoms with van der Waals surface area (Å²) in [5.41, 5.74) is 2.38. The van der Waals surface area contributed by atoms with Crippen LogP contribution >= 0.6 is 0 Å². The number of nitrogens with zero attached hydrogens (tertiary/aromatic N) is 1. The lowest BCUT2D eigenvalue weighted by Gasteiger charge is -2.06. The topological polar surface area (TPSA) is 62.2 Å². The SMILES string of the molecule is Cc1nccc(NS(=O)O)c1C. The number of nitrogens with one attached hydrogen (secondary N) is 1. The second-order valence-electron chi connectivity index (χ2n) is 2.42. The molecule has 0 amide bonds. The van der Waals surface area contributed by atoms with Gasteiger partial charge in [0.15, 0.2) is 0 Å². The molecule has 0 aliphatic carbocycles. The third-order valence-electron chi connectivity index (χ3n) is 1.65. The molecule has 0 aliphatic heterocycles. The molecule has 0 radical (unpaired) electrons. The fourth-order valence-corrected chi connectivity index (χ4v) is 1.25. The van der Waals surface area contributed by atoms with Gasteiger partial charge in [0.1, 0.15) is 0 Å². The van der Waals surface area contributed by atoms with Crippen LogP contribution in [0.25, 0.3) is 0 Å². The quantitative estimate of drug-likeness (QED) is 0.683. The van der Waals surface area contributed by atoms with E-state index in [1.165, 1.54) is 0 Å². The normalized spacial score (nSPS) is 12.6. The first-order valence-corrected chi connectivity index (χ1v) is 4.51. The van der Waals surface area contributed by atoms with Gasteiger partial charge in [0.05, 0.1) is 5.69 Å². The van der Waals surface area contributed by atoms with E-state index in [4.69, 9.17) is 4.55 Å². The van der Waals surface area contributed by atoms with Crippen molar-refractivity contribution in [1.82, 2.24) is 4.98 Å².